The number of nitrogens with one attached hydrogen (secondary N) is 2. The van der Waals surface area contributed by atoms with Gasteiger partial charge in [-0.2, -0.15) is 5.10 Å². The first-order valence-electron chi connectivity index (χ1n) is 8.76. The molecule has 3 N–H and O–H groups in total. The minimum absolute atomic E-state index is 0.187. The summed E-state index contributed by atoms with van der Waals surface area (Å²) in [7, 11) is 0. The molecule has 0 saturated carbocycles. The standard InChI is InChI=1S/C20H20ClN3O5/c1-2-9-22-18(25)19(26)24-23-11-15-10-16(21)7-8-17(15)29-12-13-3-5-14(6-4-13)20(27)28/h3-8,10-11H,2,9,12H2,1H3,(H,22,25)(H,24,26)(H,27,28)/b23-11-. The summed E-state index contributed by atoms with van der Waals surface area (Å²) in [6.45, 7) is 2.46. The molecule has 0 unspecified atom stereocenters. The molecule has 0 bridgehead atoms. The van der Waals surface area contributed by atoms with Crippen LogP contribution in [0.3, 0.4) is 0 Å². The first kappa shape index (κ1) is 21.9. The number of hydrazone groups is 1. The number of hydrogen-bond donors (Lipinski definition) is 3. The van der Waals surface area contributed by atoms with E-state index < -0.39 is 17.8 Å². The molecule has 0 atom stereocenters. The van der Waals surface area contributed by atoms with E-state index in [1.54, 1.807) is 30.3 Å². The molecule has 2 rings (SSSR count). The maximum atomic E-state index is 11.6. The third-order valence-electron chi connectivity index (χ3n) is 3.68. The normalized spacial score (nSPS) is 10.6. The minimum Gasteiger partial charge on any atom is -0.488 e. The van der Waals surface area contributed by atoms with Gasteiger partial charge in [-0.15, -0.1) is 0 Å². The fourth-order valence-corrected chi connectivity index (χ4v) is 2.37. The monoisotopic (exact) mass is 417 g/mol. The number of ether oxygens (including phenoxy) is 1. The fraction of sp³-hybridized carbons (Fsp3) is 0.200. The summed E-state index contributed by atoms with van der Waals surface area (Å²) in [5.74, 6) is -2.20. The zero-order chi connectivity index (χ0) is 21.2. The van der Waals surface area contributed by atoms with Crippen LogP contribution in [0.4, 0.5) is 0 Å². The average Bonchev–Trinajstić information content (AvgIpc) is 2.71. The van der Waals surface area contributed by atoms with Crippen LogP contribution in [0.25, 0.3) is 0 Å². The van der Waals surface area contributed by atoms with Gasteiger partial charge >= 0.3 is 17.8 Å². The Bertz CT molecular complexity index is 913. The highest BCUT2D eigenvalue weighted by atomic mass is 35.5. The van der Waals surface area contributed by atoms with Gasteiger partial charge in [0.25, 0.3) is 0 Å². The van der Waals surface area contributed by atoms with E-state index >= 15 is 0 Å². The van der Waals surface area contributed by atoms with E-state index in [0.717, 1.165) is 5.56 Å². The molecule has 0 radical (unpaired) electrons. The van der Waals surface area contributed by atoms with Crippen molar-refractivity contribution in [2.24, 2.45) is 5.10 Å². The molecule has 0 spiro atoms. The van der Waals surface area contributed by atoms with Crippen LogP contribution >= 0.6 is 11.6 Å². The number of halogens is 1. The summed E-state index contributed by atoms with van der Waals surface area (Å²) in [4.78, 5) is 34.0. The van der Waals surface area contributed by atoms with Crippen molar-refractivity contribution in [1.82, 2.24) is 10.7 Å². The van der Waals surface area contributed by atoms with Gasteiger partial charge in [0.05, 0.1) is 11.8 Å². The number of carboxylic acids is 1. The molecular formula is C20H20ClN3O5. The Morgan fingerprint density at radius 3 is 2.52 bits per heavy atom. The molecule has 0 aromatic heterocycles. The van der Waals surface area contributed by atoms with Crippen molar-refractivity contribution in [3.8, 4) is 5.75 Å². The van der Waals surface area contributed by atoms with Crippen LogP contribution in [0.5, 0.6) is 5.75 Å². The first-order valence-corrected chi connectivity index (χ1v) is 9.14. The number of hydrogen-bond acceptors (Lipinski definition) is 5. The zero-order valence-electron chi connectivity index (χ0n) is 15.6. The molecule has 0 heterocycles. The van der Waals surface area contributed by atoms with E-state index in [0.29, 0.717) is 29.3 Å². The molecule has 0 fully saturated rings. The molecule has 0 aliphatic carbocycles. The van der Waals surface area contributed by atoms with Crippen molar-refractivity contribution in [2.75, 3.05) is 6.54 Å². The topological polar surface area (TPSA) is 117 Å². The van der Waals surface area contributed by atoms with Crippen molar-refractivity contribution in [1.29, 1.82) is 0 Å². The lowest BCUT2D eigenvalue weighted by atomic mass is 10.1. The number of amides is 2. The number of carbonyl (C=O) groups excluding carboxylic acids is 2. The first-order chi connectivity index (χ1) is 13.9. The van der Waals surface area contributed by atoms with Crippen LogP contribution in [0.2, 0.25) is 5.02 Å². The summed E-state index contributed by atoms with van der Waals surface area (Å²) < 4.78 is 5.75. The van der Waals surface area contributed by atoms with Crippen LogP contribution in [0.1, 0.15) is 34.8 Å². The fourth-order valence-electron chi connectivity index (χ4n) is 2.19. The molecule has 29 heavy (non-hydrogen) atoms. The largest absolute Gasteiger partial charge is 0.488 e. The van der Waals surface area contributed by atoms with Gasteiger partial charge < -0.3 is 15.2 Å². The number of nitrogens with zero attached hydrogens (tertiary/aromatic N) is 1. The number of carboxylic acid groups (broad SMARTS) is 1. The SMILES string of the molecule is CCCNC(=O)C(=O)N/N=C\c1cc(Cl)ccc1OCc1ccc(C(=O)O)cc1. The van der Waals surface area contributed by atoms with Crippen LogP contribution in [0, 0.1) is 0 Å². The molecule has 2 aromatic carbocycles. The Morgan fingerprint density at radius 2 is 1.86 bits per heavy atom. The lowest BCUT2D eigenvalue weighted by Gasteiger charge is -2.10. The van der Waals surface area contributed by atoms with Gasteiger partial charge in [-0.3, -0.25) is 9.59 Å². The molecule has 9 heteroatoms. The van der Waals surface area contributed by atoms with Crippen molar-refractivity contribution in [2.45, 2.75) is 20.0 Å². The highest BCUT2D eigenvalue weighted by molar-refractivity contribution is 6.35. The van der Waals surface area contributed by atoms with E-state index in [9.17, 15) is 14.4 Å². The highest BCUT2D eigenvalue weighted by Gasteiger charge is 2.11. The second-order valence-electron chi connectivity index (χ2n) is 5.93. The second-order valence-corrected chi connectivity index (χ2v) is 6.36. The van der Waals surface area contributed by atoms with Crippen molar-refractivity contribution >= 4 is 35.6 Å². The second kappa shape index (κ2) is 10.8. The Labute approximate surface area is 172 Å². The molecule has 2 amide bonds. The van der Waals surface area contributed by atoms with E-state index in [2.05, 4.69) is 15.8 Å². The Morgan fingerprint density at radius 1 is 1.14 bits per heavy atom. The van der Waals surface area contributed by atoms with Gasteiger partial charge in [0.2, 0.25) is 0 Å². The van der Waals surface area contributed by atoms with E-state index in [1.807, 2.05) is 6.92 Å². The van der Waals surface area contributed by atoms with Gasteiger partial charge in [-0.05, 0) is 42.3 Å². The van der Waals surface area contributed by atoms with Crippen molar-refractivity contribution in [3.63, 3.8) is 0 Å². The third kappa shape index (κ3) is 6.93. The molecule has 0 aliphatic rings. The van der Waals surface area contributed by atoms with Crippen LogP contribution in [-0.4, -0.2) is 35.6 Å². The number of benzene rings is 2. The summed E-state index contributed by atoms with van der Waals surface area (Å²) in [6.07, 6.45) is 2.03. The highest BCUT2D eigenvalue weighted by Crippen LogP contribution is 2.22. The maximum Gasteiger partial charge on any atom is 0.335 e. The number of carbonyl (C=O) groups is 3. The van der Waals surface area contributed by atoms with Crippen LogP contribution in [-0.2, 0) is 16.2 Å². The van der Waals surface area contributed by atoms with E-state index in [4.69, 9.17) is 21.4 Å². The number of rotatable bonds is 8. The average molecular weight is 418 g/mol. The quantitative estimate of drug-likeness (QED) is 0.346. The molecule has 2 aromatic rings. The summed E-state index contributed by atoms with van der Waals surface area (Å²) >= 11 is 6.01. The van der Waals surface area contributed by atoms with E-state index in [1.165, 1.54) is 18.3 Å². The zero-order valence-corrected chi connectivity index (χ0v) is 16.4. The van der Waals surface area contributed by atoms with Gasteiger partial charge in [0.15, 0.2) is 0 Å². The van der Waals surface area contributed by atoms with Crippen LogP contribution < -0.4 is 15.5 Å². The smallest absolute Gasteiger partial charge is 0.335 e. The maximum absolute atomic E-state index is 11.6. The van der Waals surface area contributed by atoms with E-state index in [-0.39, 0.29) is 12.2 Å². The Balaban J connectivity index is 2.02. The summed E-state index contributed by atoms with van der Waals surface area (Å²) in [5.41, 5.74) is 3.59. The summed E-state index contributed by atoms with van der Waals surface area (Å²) in [6, 6.07) is 11.2. The molecular weight excluding hydrogens is 398 g/mol. The Kier molecular flexibility index (Phi) is 8.17. The predicted molar refractivity (Wildman–Crippen MR) is 108 cm³/mol. The van der Waals surface area contributed by atoms with Gasteiger partial charge in [-0.1, -0.05) is 30.7 Å². The lowest BCUT2D eigenvalue weighted by Crippen LogP contribution is -2.38. The van der Waals surface area contributed by atoms with Gasteiger partial charge in [0, 0.05) is 17.1 Å². The molecule has 8 nitrogen and oxygen atoms in total. The van der Waals surface area contributed by atoms with Crippen molar-refractivity contribution in [3.05, 3.63) is 64.2 Å². The lowest BCUT2D eigenvalue weighted by molar-refractivity contribution is -0.139. The molecule has 0 saturated heterocycles. The minimum atomic E-state index is -1.00. The third-order valence-corrected chi connectivity index (χ3v) is 3.91. The summed E-state index contributed by atoms with van der Waals surface area (Å²) in [5, 5.41) is 15.6. The molecule has 0 aliphatic heterocycles. The van der Waals surface area contributed by atoms with Crippen molar-refractivity contribution < 1.29 is 24.2 Å². The Hall–Kier alpha value is -3.39. The van der Waals surface area contributed by atoms with Gasteiger partial charge in [-0.25, -0.2) is 10.2 Å². The number of aromatic carboxylic acids is 1. The predicted octanol–water partition coefficient (Wildman–Crippen LogP) is 2.59. The van der Waals surface area contributed by atoms with Crippen LogP contribution in [0.15, 0.2) is 47.6 Å². The van der Waals surface area contributed by atoms with Gasteiger partial charge in [0.1, 0.15) is 12.4 Å². The molecule has 152 valence electrons.